The molecule has 0 spiro atoms. The van der Waals surface area contributed by atoms with Gasteiger partial charge in [0.2, 0.25) is 0 Å². The van der Waals surface area contributed by atoms with E-state index in [1.807, 2.05) is 19.4 Å². The van der Waals surface area contributed by atoms with Crippen molar-refractivity contribution in [2.75, 3.05) is 20.2 Å². The summed E-state index contributed by atoms with van der Waals surface area (Å²) >= 11 is 0. The summed E-state index contributed by atoms with van der Waals surface area (Å²) in [7, 11) is 2.00. The van der Waals surface area contributed by atoms with Crippen molar-refractivity contribution in [1.82, 2.24) is 14.7 Å². The molecule has 2 aliphatic carbocycles. The van der Waals surface area contributed by atoms with Gasteiger partial charge >= 0.3 is 0 Å². The Morgan fingerprint density at radius 3 is 2.62 bits per heavy atom. The molecule has 0 aromatic carbocycles. The second-order valence-electron chi connectivity index (χ2n) is 8.91. The largest absolute Gasteiger partial charge is 0.404 e. The Bertz CT molecular complexity index is 953. The molecule has 0 unspecified atom stereocenters. The van der Waals surface area contributed by atoms with Crippen molar-refractivity contribution in [1.29, 1.82) is 0 Å². The van der Waals surface area contributed by atoms with E-state index in [2.05, 4.69) is 33.8 Å². The zero-order valence-electron chi connectivity index (χ0n) is 18.9. The quantitative estimate of drug-likeness (QED) is 0.486. The number of nitrogens with two attached hydrogens (primary N) is 1. The molecule has 32 heavy (non-hydrogen) atoms. The number of aromatic nitrogens is 2. The van der Waals surface area contributed by atoms with Gasteiger partial charge in [-0.15, -0.1) is 0 Å². The third-order valence-electron chi connectivity index (χ3n) is 6.19. The first-order chi connectivity index (χ1) is 15.5. The summed E-state index contributed by atoms with van der Waals surface area (Å²) in [5.74, 6) is 1.54. The lowest BCUT2D eigenvalue weighted by atomic mass is 10.1. The number of hydrogen-bond donors (Lipinski definition) is 3. The molecule has 0 saturated heterocycles. The molecular formula is C24H34N6O2. The monoisotopic (exact) mass is 438 g/mol. The number of aliphatic hydroxyl groups is 2. The highest BCUT2D eigenvalue weighted by molar-refractivity contribution is 6.13. The van der Waals surface area contributed by atoms with E-state index in [0.717, 1.165) is 35.2 Å². The summed E-state index contributed by atoms with van der Waals surface area (Å²) in [6.07, 6.45) is 16.5. The van der Waals surface area contributed by atoms with E-state index in [9.17, 15) is 5.11 Å². The van der Waals surface area contributed by atoms with Gasteiger partial charge in [-0.1, -0.05) is 13.0 Å². The van der Waals surface area contributed by atoms with Crippen molar-refractivity contribution in [2.45, 2.75) is 51.2 Å². The number of nitrogens with zero attached hydrogens (tertiary/aromatic N) is 5. The fourth-order valence-corrected chi connectivity index (χ4v) is 4.25. The van der Waals surface area contributed by atoms with Crippen LogP contribution in [0.5, 0.6) is 0 Å². The van der Waals surface area contributed by atoms with Gasteiger partial charge < -0.3 is 20.8 Å². The predicted octanol–water partition coefficient (Wildman–Crippen LogP) is 2.38. The maximum absolute atomic E-state index is 9.53. The van der Waals surface area contributed by atoms with Crippen LogP contribution >= 0.6 is 0 Å². The zero-order chi connectivity index (χ0) is 22.7. The van der Waals surface area contributed by atoms with Crippen LogP contribution in [0, 0.1) is 11.8 Å². The molecule has 2 heterocycles. The van der Waals surface area contributed by atoms with Crippen LogP contribution in [-0.2, 0) is 0 Å². The minimum atomic E-state index is -0.886. The van der Waals surface area contributed by atoms with E-state index in [1.165, 1.54) is 31.9 Å². The summed E-state index contributed by atoms with van der Waals surface area (Å²) in [6, 6.07) is 0.517. The number of allylic oxidation sites excluding steroid dienone is 3. The lowest BCUT2D eigenvalue weighted by molar-refractivity contribution is 0.102. The van der Waals surface area contributed by atoms with Gasteiger partial charge in [-0.2, -0.15) is 5.10 Å². The topological polar surface area (TPSA) is 112 Å². The second-order valence-corrected chi connectivity index (χ2v) is 8.91. The predicted molar refractivity (Wildman–Crippen MR) is 126 cm³/mol. The van der Waals surface area contributed by atoms with Gasteiger partial charge in [0.05, 0.1) is 48.6 Å². The minimum absolute atomic E-state index is 0.102. The number of aliphatic hydroxyl groups excluding tert-OH is 2. The van der Waals surface area contributed by atoms with Crippen LogP contribution in [0.15, 0.2) is 57.8 Å². The molecule has 1 atom stereocenters. The van der Waals surface area contributed by atoms with Crippen molar-refractivity contribution < 1.29 is 10.2 Å². The number of hydrogen-bond acceptors (Lipinski definition) is 7. The van der Waals surface area contributed by atoms with Crippen LogP contribution in [0.1, 0.15) is 50.6 Å². The van der Waals surface area contributed by atoms with Crippen molar-refractivity contribution in [3.8, 4) is 0 Å². The average molecular weight is 439 g/mol. The average Bonchev–Trinajstić information content (AvgIpc) is 3.73. The number of rotatable bonds is 10. The van der Waals surface area contributed by atoms with Gasteiger partial charge in [-0.05, 0) is 43.9 Å². The lowest BCUT2D eigenvalue weighted by Crippen LogP contribution is -2.24. The van der Waals surface area contributed by atoms with E-state index < -0.39 is 6.10 Å². The van der Waals surface area contributed by atoms with Crippen molar-refractivity contribution in [3.63, 3.8) is 0 Å². The van der Waals surface area contributed by atoms with Gasteiger partial charge in [-0.3, -0.25) is 9.67 Å². The maximum Gasteiger partial charge on any atom is 0.0974 e. The first-order valence-electron chi connectivity index (χ1n) is 11.5. The standard InChI is InChI=1S/C24H34N6O2/c1-3-4-22-23(19-11-27-30(13-19)24(16-5-6-16)17-7-8-17)28-21(14-29(22)2)18(9-25)10-26-12-20(32)15-31/h4,9-11,13-14,16-17,20,24,31-32H,3,5-8,12,15,25H2,1-2H3/b18-9?,22-4-,26-10?/t20-/m1/s1. The van der Waals surface area contributed by atoms with Gasteiger partial charge in [0.25, 0.3) is 0 Å². The van der Waals surface area contributed by atoms with E-state index in [-0.39, 0.29) is 13.2 Å². The molecule has 0 radical (unpaired) electrons. The Hall–Kier alpha value is -2.71. The van der Waals surface area contributed by atoms with Gasteiger partial charge in [0.1, 0.15) is 0 Å². The van der Waals surface area contributed by atoms with Crippen LogP contribution < -0.4 is 5.73 Å². The van der Waals surface area contributed by atoms with Crippen LogP contribution in [0.2, 0.25) is 0 Å². The molecule has 8 heteroatoms. The van der Waals surface area contributed by atoms with Crippen molar-refractivity contribution in [3.05, 3.63) is 53.4 Å². The minimum Gasteiger partial charge on any atom is -0.404 e. The molecule has 2 saturated carbocycles. The first kappa shape index (κ1) is 22.5. The van der Waals surface area contributed by atoms with E-state index in [1.54, 1.807) is 6.21 Å². The Morgan fingerprint density at radius 1 is 1.31 bits per heavy atom. The Kier molecular flexibility index (Phi) is 6.91. The SMILES string of the molecule is CC/C=C1/C(c2cnn(C(C3CC3)C3CC3)c2)=NC(C(C=NC[C@@H](O)CO)=CN)=CN1C. The fourth-order valence-electron chi connectivity index (χ4n) is 4.25. The molecule has 2 fully saturated rings. The lowest BCUT2D eigenvalue weighted by Gasteiger charge is -2.26. The third kappa shape index (κ3) is 5.02. The summed E-state index contributed by atoms with van der Waals surface area (Å²) < 4.78 is 2.17. The Balaban J connectivity index is 1.63. The molecule has 0 amide bonds. The third-order valence-corrected chi connectivity index (χ3v) is 6.19. The molecule has 4 N–H and O–H groups in total. The van der Waals surface area contributed by atoms with Crippen LogP contribution in [0.25, 0.3) is 0 Å². The smallest absolute Gasteiger partial charge is 0.0974 e. The van der Waals surface area contributed by atoms with Crippen LogP contribution in [0.3, 0.4) is 0 Å². The Morgan fingerprint density at radius 2 is 2.03 bits per heavy atom. The van der Waals surface area contributed by atoms with Crippen molar-refractivity contribution in [2.24, 2.45) is 27.6 Å². The molecule has 172 valence electrons. The maximum atomic E-state index is 9.53. The van der Waals surface area contributed by atoms with Gasteiger partial charge in [0, 0.05) is 43.0 Å². The van der Waals surface area contributed by atoms with Crippen LogP contribution in [-0.4, -0.2) is 63.1 Å². The summed E-state index contributed by atoms with van der Waals surface area (Å²) in [4.78, 5) is 11.2. The summed E-state index contributed by atoms with van der Waals surface area (Å²) in [5.41, 5.74) is 10.1. The van der Waals surface area contributed by atoms with Gasteiger partial charge in [-0.25, -0.2) is 4.99 Å². The highest BCUT2D eigenvalue weighted by Gasteiger charge is 2.43. The van der Waals surface area contributed by atoms with E-state index in [4.69, 9.17) is 20.9 Å². The normalized spacial score (nSPS) is 22.1. The van der Waals surface area contributed by atoms with Crippen LogP contribution in [0.4, 0.5) is 0 Å². The van der Waals surface area contributed by atoms with Gasteiger partial charge in [0.15, 0.2) is 0 Å². The molecule has 1 aromatic heterocycles. The molecule has 1 aliphatic heterocycles. The van der Waals surface area contributed by atoms with Crippen molar-refractivity contribution >= 4 is 11.9 Å². The number of likely N-dealkylation sites (N-methyl/N-ethyl adjacent to an activating group) is 1. The molecule has 1 aromatic rings. The Labute approximate surface area is 189 Å². The highest BCUT2D eigenvalue weighted by Crippen LogP contribution is 2.51. The summed E-state index contributed by atoms with van der Waals surface area (Å²) in [5, 5.41) is 23.3. The zero-order valence-corrected chi connectivity index (χ0v) is 18.9. The first-order valence-corrected chi connectivity index (χ1v) is 11.5. The summed E-state index contributed by atoms with van der Waals surface area (Å²) in [6.45, 7) is 1.89. The molecule has 8 nitrogen and oxygen atoms in total. The molecule has 0 bridgehead atoms. The van der Waals surface area contributed by atoms with E-state index in [0.29, 0.717) is 17.3 Å². The molecular weight excluding hydrogens is 404 g/mol. The fraction of sp³-hybridized carbons (Fsp3) is 0.542. The number of aliphatic imine (C=N–C) groups is 2. The van der Waals surface area contributed by atoms with E-state index >= 15 is 0 Å². The highest BCUT2D eigenvalue weighted by atomic mass is 16.3. The second kappa shape index (κ2) is 9.83. The molecule has 4 rings (SSSR count). The molecule has 3 aliphatic rings.